The van der Waals surface area contributed by atoms with Crippen molar-refractivity contribution in [2.75, 3.05) is 5.32 Å². The maximum Gasteiger partial charge on any atom is 0.227 e. The summed E-state index contributed by atoms with van der Waals surface area (Å²) < 4.78 is 5.29. The quantitative estimate of drug-likeness (QED) is 0.378. The topological polar surface area (TPSA) is 110 Å². The molecule has 4 aromatic rings. The number of nitrogens with one attached hydrogen (secondary N) is 2. The summed E-state index contributed by atoms with van der Waals surface area (Å²) in [5.74, 6) is 2.10. The first-order valence-corrected chi connectivity index (χ1v) is 11.3. The molecular weight excluding hydrogens is 424 g/mol. The Morgan fingerprint density at radius 1 is 1.09 bits per heavy atom. The molecule has 0 unspecified atom stereocenters. The molecular formula is C23H24N6O2S. The Balaban J connectivity index is 1.28. The van der Waals surface area contributed by atoms with E-state index in [-0.39, 0.29) is 12.3 Å². The second kappa shape index (κ2) is 9.78. The predicted molar refractivity (Wildman–Crippen MR) is 123 cm³/mol. The van der Waals surface area contributed by atoms with Crippen molar-refractivity contribution in [3.05, 3.63) is 70.9 Å². The Bertz CT molecular complexity index is 1210. The molecule has 0 bridgehead atoms. The lowest BCUT2D eigenvalue weighted by Crippen LogP contribution is -2.14. The summed E-state index contributed by atoms with van der Waals surface area (Å²) in [5.41, 5.74) is 5.08. The number of aromatic nitrogens is 5. The molecule has 2 heterocycles. The number of carbonyl (C=O) groups excluding carboxylic acids is 1. The van der Waals surface area contributed by atoms with Crippen molar-refractivity contribution in [1.29, 1.82) is 0 Å². The Kier molecular flexibility index (Phi) is 6.65. The van der Waals surface area contributed by atoms with Crippen molar-refractivity contribution < 1.29 is 9.32 Å². The van der Waals surface area contributed by atoms with Crippen molar-refractivity contribution in [2.45, 2.75) is 44.5 Å². The van der Waals surface area contributed by atoms with Crippen LogP contribution in [-0.2, 0) is 17.0 Å². The molecule has 1 amide bonds. The van der Waals surface area contributed by atoms with E-state index in [9.17, 15) is 4.79 Å². The number of carbonyl (C=O) groups is 1. The molecule has 9 heteroatoms. The first-order chi connectivity index (χ1) is 15.5. The molecule has 0 fully saturated rings. The van der Waals surface area contributed by atoms with Gasteiger partial charge >= 0.3 is 0 Å². The lowest BCUT2D eigenvalue weighted by atomic mass is 10.1. The van der Waals surface area contributed by atoms with Gasteiger partial charge in [-0.1, -0.05) is 58.9 Å². The number of para-hydroxylation sites is 1. The average Bonchev–Trinajstić information content (AvgIpc) is 3.43. The summed E-state index contributed by atoms with van der Waals surface area (Å²) in [5, 5.41) is 14.8. The molecule has 0 saturated heterocycles. The van der Waals surface area contributed by atoms with Crippen LogP contribution >= 0.6 is 11.8 Å². The smallest absolute Gasteiger partial charge is 0.227 e. The van der Waals surface area contributed by atoms with Gasteiger partial charge < -0.3 is 9.84 Å². The number of benzene rings is 2. The van der Waals surface area contributed by atoms with Crippen molar-refractivity contribution in [2.24, 2.45) is 0 Å². The zero-order valence-corrected chi connectivity index (χ0v) is 19.0. The SMILES string of the molecule is Cc1cccc(-c2nc(SCc3noc(CCC(=O)Nc4c(C)cccc4C)n3)n[nH]2)c1. The average molecular weight is 449 g/mol. The van der Waals surface area contributed by atoms with Crippen LogP contribution in [0, 0.1) is 20.8 Å². The van der Waals surface area contributed by atoms with Gasteiger partial charge in [-0.25, -0.2) is 4.98 Å². The van der Waals surface area contributed by atoms with Crippen LogP contribution in [0.4, 0.5) is 5.69 Å². The number of amides is 1. The Morgan fingerprint density at radius 2 is 1.88 bits per heavy atom. The minimum absolute atomic E-state index is 0.0825. The minimum atomic E-state index is -0.0825. The zero-order valence-electron chi connectivity index (χ0n) is 18.2. The molecule has 8 nitrogen and oxygen atoms in total. The number of anilines is 1. The van der Waals surface area contributed by atoms with E-state index in [2.05, 4.69) is 36.7 Å². The third kappa shape index (κ3) is 5.42. The van der Waals surface area contributed by atoms with Crippen LogP contribution in [0.15, 0.2) is 52.1 Å². The molecule has 32 heavy (non-hydrogen) atoms. The van der Waals surface area contributed by atoms with Gasteiger partial charge in [-0.3, -0.25) is 9.89 Å². The summed E-state index contributed by atoms with van der Waals surface area (Å²) in [6.07, 6.45) is 0.649. The lowest BCUT2D eigenvalue weighted by molar-refractivity contribution is -0.116. The highest BCUT2D eigenvalue weighted by Gasteiger charge is 2.13. The van der Waals surface area contributed by atoms with Crippen molar-refractivity contribution in [3.63, 3.8) is 0 Å². The highest BCUT2D eigenvalue weighted by molar-refractivity contribution is 7.98. The van der Waals surface area contributed by atoms with Crippen LogP contribution in [-0.4, -0.2) is 31.2 Å². The Hall–Kier alpha value is -3.46. The van der Waals surface area contributed by atoms with Gasteiger partial charge in [0.15, 0.2) is 11.6 Å². The van der Waals surface area contributed by atoms with E-state index in [4.69, 9.17) is 4.52 Å². The first-order valence-electron chi connectivity index (χ1n) is 10.3. The molecule has 0 spiro atoms. The zero-order chi connectivity index (χ0) is 22.5. The Labute approximate surface area is 190 Å². The predicted octanol–water partition coefficient (Wildman–Crippen LogP) is 4.64. The first kappa shape index (κ1) is 21.8. The molecule has 0 aliphatic heterocycles. The van der Waals surface area contributed by atoms with Gasteiger partial charge in [0.2, 0.25) is 17.0 Å². The van der Waals surface area contributed by atoms with Crippen LogP contribution < -0.4 is 5.32 Å². The number of thioether (sulfide) groups is 1. The maximum absolute atomic E-state index is 12.3. The molecule has 164 valence electrons. The largest absolute Gasteiger partial charge is 0.339 e. The van der Waals surface area contributed by atoms with E-state index in [0.29, 0.717) is 29.0 Å². The summed E-state index contributed by atoms with van der Waals surface area (Å²) in [6.45, 7) is 5.99. The van der Waals surface area contributed by atoms with E-state index in [1.807, 2.05) is 57.2 Å². The molecule has 4 rings (SSSR count). The Morgan fingerprint density at radius 3 is 2.66 bits per heavy atom. The molecule has 2 aromatic carbocycles. The van der Waals surface area contributed by atoms with Gasteiger partial charge in [-0.15, -0.1) is 5.10 Å². The van der Waals surface area contributed by atoms with Gasteiger partial charge in [0.1, 0.15) is 0 Å². The third-order valence-electron chi connectivity index (χ3n) is 4.91. The molecule has 0 saturated carbocycles. The number of hydrogen-bond donors (Lipinski definition) is 2. The summed E-state index contributed by atoms with van der Waals surface area (Å²) in [6, 6.07) is 14.0. The van der Waals surface area contributed by atoms with E-state index in [0.717, 1.165) is 33.8 Å². The molecule has 0 aliphatic rings. The highest BCUT2D eigenvalue weighted by Crippen LogP contribution is 2.22. The summed E-state index contributed by atoms with van der Waals surface area (Å²) in [7, 11) is 0. The minimum Gasteiger partial charge on any atom is -0.339 e. The standard InChI is InChI=1S/C23H24N6O2S/c1-14-6-4-9-17(12-14)22-26-23(28-27-22)32-13-18-24-20(31-29-18)11-10-19(30)25-21-15(2)7-5-8-16(21)3/h4-9,12H,10-11,13H2,1-3H3,(H,25,30)(H,26,27,28). The molecule has 2 aromatic heterocycles. The van der Waals surface area contributed by atoms with Crippen LogP contribution in [0.2, 0.25) is 0 Å². The van der Waals surface area contributed by atoms with Crippen molar-refractivity contribution in [3.8, 4) is 11.4 Å². The monoisotopic (exact) mass is 448 g/mol. The number of aromatic amines is 1. The molecule has 2 N–H and O–H groups in total. The highest BCUT2D eigenvalue weighted by atomic mass is 32.2. The maximum atomic E-state index is 12.3. The van der Waals surface area contributed by atoms with E-state index < -0.39 is 0 Å². The number of aryl methyl sites for hydroxylation is 4. The second-order valence-corrected chi connectivity index (χ2v) is 8.49. The summed E-state index contributed by atoms with van der Waals surface area (Å²) in [4.78, 5) is 21.2. The van der Waals surface area contributed by atoms with Crippen LogP contribution in [0.25, 0.3) is 11.4 Å². The van der Waals surface area contributed by atoms with Crippen LogP contribution in [0.1, 0.15) is 34.8 Å². The molecule has 0 aliphatic carbocycles. The van der Waals surface area contributed by atoms with Crippen molar-refractivity contribution in [1.82, 2.24) is 25.3 Å². The fraction of sp³-hybridized carbons (Fsp3) is 0.261. The fourth-order valence-electron chi connectivity index (χ4n) is 3.25. The van der Waals surface area contributed by atoms with Gasteiger partial charge in [0.05, 0.1) is 5.75 Å². The lowest BCUT2D eigenvalue weighted by Gasteiger charge is -2.10. The number of hydrogen-bond acceptors (Lipinski definition) is 7. The van der Waals surface area contributed by atoms with Gasteiger partial charge in [0.25, 0.3) is 0 Å². The van der Waals surface area contributed by atoms with Gasteiger partial charge in [-0.05, 0) is 38.0 Å². The van der Waals surface area contributed by atoms with Crippen LogP contribution in [0.3, 0.4) is 0 Å². The van der Waals surface area contributed by atoms with Gasteiger partial charge in [0, 0.05) is 24.1 Å². The van der Waals surface area contributed by atoms with Crippen molar-refractivity contribution >= 4 is 23.4 Å². The van der Waals surface area contributed by atoms with Crippen LogP contribution in [0.5, 0.6) is 0 Å². The van der Waals surface area contributed by atoms with Gasteiger partial charge in [-0.2, -0.15) is 4.98 Å². The van der Waals surface area contributed by atoms with E-state index in [1.54, 1.807) is 0 Å². The number of rotatable bonds is 8. The normalized spacial score (nSPS) is 11.0. The number of H-pyrrole nitrogens is 1. The summed E-state index contributed by atoms with van der Waals surface area (Å²) >= 11 is 1.42. The number of nitrogens with zero attached hydrogens (tertiary/aromatic N) is 4. The third-order valence-corrected chi connectivity index (χ3v) is 5.75. The van der Waals surface area contributed by atoms with E-state index in [1.165, 1.54) is 11.8 Å². The fourth-order valence-corrected chi connectivity index (χ4v) is 3.89. The van der Waals surface area contributed by atoms with E-state index >= 15 is 0 Å². The molecule has 0 atom stereocenters. The molecule has 0 radical (unpaired) electrons. The second-order valence-electron chi connectivity index (χ2n) is 7.54.